The second-order valence-electron chi connectivity index (χ2n) is 8.65. The maximum absolute atomic E-state index is 12.1. The number of halogens is 1. The van der Waals surface area contributed by atoms with Crippen molar-refractivity contribution in [3.63, 3.8) is 0 Å². The molecule has 0 aliphatic carbocycles. The molecule has 0 aliphatic rings. The van der Waals surface area contributed by atoms with Crippen LogP contribution in [0.4, 0.5) is 5.69 Å². The van der Waals surface area contributed by atoms with Crippen molar-refractivity contribution in [3.05, 3.63) is 57.6 Å². The molecular weight excluding hydrogens is 474 g/mol. The fourth-order valence-corrected chi connectivity index (χ4v) is 3.35. The van der Waals surface area contributed by atoms with Crippen molar-refractivity contribution >= 4 is 39.3 Å². The minimum Gasteiger partial charge on any atom is -0.483 e. The van der Waals surface area contributed by atoms with Crippen molar-refractivity contribution in [1.82, 2.24) is 10.9 Å². The molecule has 0 saturated carbocycles. The van der Waals surface area contributed by atoms with Gasteiger partial charge in [0.25, 0.3) is 5.91 Å². The molecule has 0 bridgehead atoms. The molecule has 0 radical (unpaired) electrons. The predicted molar refractivity (Wildman–Crippen MR) is 128 cm³/mol. The summed E-state index contributed by atoms with van der Waals surface area (Å²) < 4.78 is 6.26. The van der Waals surface area contributed by atoms with Crippen LogP contribution in [0.25, 0.3) is 0 Å². The van der Waals surface area contributed by atoms with E-state index in [1.54, 1.807) is 6.07 Å². The number of hydrazine groups is 1. The zero-order chi connectivity index (χ0) is 23.9. The van der Waals surface area contributed by atoms with E-state index in [-0.39, 0.29) is 30.8 Å². The Hall–Kier alpha value is -2.87. The van der Waals surface area contributed by atoms with Gasteiger partial charge < -0.3 is 10.1 Å². The van der Waals surface area contributed by atoms with Crippen molar-refractivity contribution in [2.45, 2.75) is 52.9 Å². The van der Waals surface area contributed by atoms with Gasteiger partial charge in [0.15, 0.2) is 6.61 Å². The molecule has 2 aromatic carbocycles. The maximum atomic E-state index is 12.1. The van der Waals surface area contributed by atoms with Crippen LogP contribution in [0.15, 0.2) is 40.9 Å². The number of hydrogen-bond donors (Lipinski definition) is 3. The number of anilines is 1. The lowest BCUT2D eigenvalue weighted by Gasteiger charge is -2.20. The predicted octanol–water partition coefficient (Wildman–Crippen LogP) is 4.31. The van der Waals surface area contributed by atoms with E-state index in [9.17, 15) is 14.4 Å². The number of aryl methyl sites for hydroxylation is 2. The summed E-state index contributed by atoms with van der Waals surface area (Å²) in [5.74, 6) is -0.720. The fraction of sp³-hybridized carbons (Fsp3) is 0.375. The number of amides is 3. The first-order valence-corrected chi connectivity index (χ1v) is 11.1. The molecule has 0 aliphatic heterocycles. The quantitative estimate of drug-likeness (QED) is 0.490. The van der Waals surface area contributed by atoms with Gasteiger partial charge in [-0.3, -0.25) is 25.2 Å². The van der Waals surface area contributed by atoms with Crippen molar-refractivity contribution in [3.8, 4) is 5.75 Å². The van der Waals surface area contributed by atoms with Crippen LogP contribution < -0.4 is 20.9 Å². The molecular formula is C24H30BrN3O4. The summed E-state index contributed by atoms with van der Waals surface area (Å²) in [4.78, 5) is 35.9. The number of hydrogen-bond acceptors (Lipinski definition) is 4. The zero-order valence-corrected chi connectivity index (χ0v) is 20.7. The molecule has 0 aromatic heterocycles. The minimum atomic E-state index is -0.509. The Bertz CT molecular complexity index is 999. The van der Waals surface area contributed by atoms with Gasteiger partial charge in [-0.25, -0.2) is 0 Å². The summed E-state index contributed by atoms with van der Waals surface area (Å²) in [6.45, 7) is 9.95. The number of ether oxygens (including phenoxy) is 1. The van der Waals surface area contributed by atoms with E-state index in [2.05, 4.69) is 52.9 Å². The normalized spacial score (nSPS) is 10.9. The molecule has 0 saturated heterocycles. The maximum Gasteiger partial charge on any atom is 0.276 e. The Labute approximate surface area is 197 Å². The molecule has 3 amide bonds. The summed E-state index contributed by atoms with van der Waals surface area (Å²) >= 11 is 3.45. The first-order chi connectivity index (χ1) is 15.0. The van der Waals surface area contributed by atoms with Crippen molar-refractivity contribution in [1.29, 1.82) is 0 Å². The fourth-order valence-electron chi connectivity index (χ4n) is 2.86. The lowest BCUT2D eigenvalue weighted by atomic mass is 9.87. The van der Waals surface area contributed by atoms with Crippen LogP contribution in [-0.4, -0.2) is 24.3 Å². The molecule has 3 N–H and O–H groups in total. The second kappa shape index (κ2) is 11.1. The van der Waals surface area contributed by atoms with E-state index in [1.807, 2.05) is 44.2 Å². The lowest BCUT2D eigenvalue weighted by Crippen LogP contribution is -2.44. The van der Waals surface area contributed by atoms with Crippen molar-refractivity contribution in [2.24, 2.45) is 0 Å². The summed E-state index contributed by atoms with van der Waals surface area (Å²) in [5.41, 5.74) is 8.48. The van der Waals surface area contributed by atoms with Gasteiger partial charge in [0.1, 0.15) is 5.75 Å². The van der Waals surface area contributed by atoms with Crippen molar-refractivity contribution < 1.29 is 19.1 Å². The minimum absolute atomic E-state index is 0.00140. The summed E-state index contributed by atoms with van der Waals surface area (Å²) in [7, 11) is 0. The average Bonchev–Trinajstić information content (AvgIpc) is 2.71. The van der Waals surface area contributed by atoms with Gasteiger partial charge in [-0.15, -0.1) is 0 Å². The molecule has 172 valence electrons. The standard InChI is InChI=1S/C24H30BrN3O4/c1-15-6-8-19(16(2)12-15)26-21(29)10-11-22(30)27-28-23(31)14-32-20-9-7-17(13-18(20)25)24(3,4)5/h6-9,12-13H,10-11,14H2,1-5H3,(H,26,29)(H,27,30)(H,28,31). The molecule has 0 unspecified atom stereocenters. The Morgan fingerprint density at radius 2 is 1.56 bits per heavy atom. The van der Waals surface area contributed by atoms with E-state index in [0.717, 1.165) is 21.2 Å². The van der Waals surface area contributed by atoms with Gasteiger partial charge >= 0.3 is 0 Å². The van der Waals surface area contributed by atoms with Gasteiger partial charge in [0, 0.05) is 18.5 Å². The van der Waals surface area contributed by atoms with Crippen LogP contribution >= 0.6 is 15.9 Å². The van der Waals surface area contributed by atoms with Gasteiger partial charge in [-0.2, -0.15) is 0 Å². The highest BCUT2D eigenvalue weighted by molar-refractivity contribution is 9.10. The van der Waals surface area contributed by atoms with Crippen LogP contribution in [0.2, 0.25) is 0 Å². The van der Waals surface area contributed by atoms with E-state index in [0.29, 0.717) is 11.4 Å². The van der Waals surface area contributed by atoms with E-state index < -0.39 is 11.8 Å². The molecule has 2 rings (SSSR count). The van der Waals surface area contributed by atoms with E-state index in [1.165, 1.54) is 0 Å². The van der Waals surface area contributed by atoms with Gasteiger partial charge in [-0.05, 0) is 64.5 Å². The Morgan fingerprint density at radius 3 is 2.19 bits per heavy atom. The number of carbonyl (C=O) groups is 3. The molecule has 8 heteroatoms. The number of rotatable bonds is 7. The monoisotopic (exact) mass is 503 g/mol. The third-order valence-corrected chi connectivity index (χ3v) is 5.35. The lowest BCUT2D eigenvalue weighted by molar-refractivity contribution is -0.130. The summed E-state index contributed by atoms with van der Waals surface area (Å²) in [6.07, 6.45) is -0.0592. The summed E-state index contributed by atoms with van der Waals surface area (Å²) in [6, 6.07) is 11.4. The van der Waals surface area contributed by atoms with E-state index >= 15 is 0 Å². The SMILES string of the molecule is Cc1ccc(NC(=O)CCC(=O)NNC(=O)COc2ccc(C(C)(C)C)cc2Br)c(C)c1. The number of nitrogens with one attached hydrogen (secondary N) is 3. The third kappa shape index (κ3) is 8.00. The third-order valence-electron chi connectivity index (χ3n) is 4.73. The van der Waals surface area contributed by atoms with Gasteiger partial charge in [0.2, 0.25) is 11.8 Å². The summed E-state index contributed by atoms with van der Waals surface area (Å²) in [5, 5.41) is 2.78. The highest BCUT2D eigenvalue weighted by Gasteiger charge is 2.16. The molecule has 0 fully saturated rings. The van der Waals surface area contributed by atoms with Gasteiger partial charge in [-0.1, -0.05) is 44.5 Å². The average molecular weight is 504 g/mol. The Balaban J connectivity index is 1.71. The van der Waals surface area contributed by atoms with E-state index in [4.69, 9.17) is 4.74 Å². The Morgan fingerprint density at radius 1 is 0.906 bits per heavy atom. The first kappa shape index (κ1) is 25.4. The highest BCUT2D eigenvalue weighted by Crippen LogP contribution is 2.31. The van der Waals surface area contributed by atoms with Crippen LogP contribution in [0.3, 0.4) is 0 Å². The smallest absolute Gasteiger partial charge is 0.276 e. The Kier molecular flexibility index (Phi) is 8.83. The first-order valence-electron chi connectivity index (χ1n) is 10.3. The molecule has 0 spiro atoms. The number of benzene rings is 2. The topological polar surface area (TPSA) is 96.5 Å². The molecule has 2 aromatic rings. The van der Waals surface area contributed by atoms with Crippen LogP contribution in [0, 0.1) is 13.8 Å². The molecule has 7 nitrogen and oxygen atoms in total. The zero-order valence-electron chi connectivity index (χ0n) is 19.1. The molecule has 0 heterocycles. The van der Waals surface area contributed by atoms with Crippen LogP contribution in [0.1, 0.15) is 50.3 Å². The van der Waals surface area contributed by atoms with Crippen LogP contribution in [0.5, 0.6) is 5.75 Å². The largest absolute Gasteiger partial charge is 0.483 e. The van der Waals surface area contributed by atoms with Crippen molar-refractivity contribution in [2.75, 3.05) is 11.9 Å². The second-order valence-corrected chi connectivity index (χ2v) is 9.50. The molecule has 0 atom stereocenters. The molecule has 32 heavy (non-hydrogen) atoms. The highest BCUT2D eigenvalue weighted by atomic mass is 79.9. The van der Waals surface area contributed by atoms with Gasteiger partial charge in [0.05, 0.1) is 4.47 Å². The van der Waals surface area contributed by atoms with Crippen LogP contribution in [-0.2, 0) is 19.8 Å². The number of carbonyl (C=O) groups excluding carboxylic acids is 3.